The van der Waals surface area contributed by atoms with Crippen LogP contribution < -0.4 is 11.1 Å². The molecule has 0 radical (unpaired) electrons. The van der Waals surface area contributed by atoms with Gasteiger partial charge in [0.15, 0.2) is 0 Å². The average molecular weight is 510 g/mol. The van der Waals surface area contributed by atoms with Gasteiger partial charge in [0.05, 0.1) is 6.04 Å². The Morgan fingerprint density at radius 2 is 1.29 bits per heavy atom. The zero-order valence-corrected chi connectivity index (χ0v) is 16.8. The molecule has 2 aromatic rings. The van der Waals surface area contributed by atoms with Crippen LogP contribution in [0.2, 0.25) is 0 Å². The number of hydrogen-bond acceptors (Lipinski definition) is 2. The molecule has 28 heavy (non-hydrogen) atoms. The lowest BCUT2D eigenvalue weighted by molar-refractivity contribution is -0.119. The highest BCUT2D eigenvalue weighted by Gasteiger charge is 2.08. The topological polar surface area (TPSA) is 55.1 Å². The van der Waals surface area contributed by atoms with Crippen LogP contribution >= 0.6 is 31.9 Å². The highest BCUT2D eigenvalue weighted by molar-refractivity contribution is 9.10. The van der Waals surface area contributed by atoms with Crippen LogP contribution in [0.15, 0.2) is 57.5 Å². The van der Waals surface area contributed by atoms with E-state index in [0.29, 0.717) is 0 Å². The quantitative estimate of drug-likeness (QED) is 0.480. The van der Waals surface area contributed by atoms with Gasteiger partial charge in [0.25, 0.3) is 0 Å². The van der Waals surface area contributed by atoms with Gasteiger partial charge in [0, 0.05) is 15.9 Å². The van der Waals surface area contributed by atoms with Crippen LogP contribution in [-0.4, -0.2) is 5.91 Å². The van der Waals surface area contributed by atoms with E-state index in [2.05, 4.69) is 49.0 Å². The predicted octanol–water partition coefficient (Wildman–Crippen LogP) is 6.25. The Bertz CT molecular complexity index is 772. The van der Waals surface area contributed by atoms with Gasteiger partial charge in [-0.05, 0) is 35.4 Å². The van der Waals surface area contributed by atoms with Gasteiger partial charge in [-0.2, -0.15) is 0 Å². The Morgan fingerprint density at radius 3 is 1.61 bits per heavy atom. The average Bonchev–Trinajstić information content (AvgIpc) is 2.61. The zero-order chi connectivity index (χ0) is 18.8. The monoisotopic (exact) mass is 508 g/mol. The van der Waals surface area contributed by atoms with Gasteiger partial charge in [-0.25, -0.2) is 0 Å². The number of carbonyl (C=O) groups is 1. The van der Waals surface area contributed by atoms with Crippen LogP contribution in [0.25, 0.3) is 0 Å². The molecule has 152 valence electrons. The third kappa shape index (κ3) is 10.9. The van der Waals surface area contributed by atoms with Gasteiger partial charge in [-0.1, -0.05) is 90.2 Å². The Morgan fingerprint density at radius 1 is 0.893 bits per heavy atom. The maximum Gasteiger partial charge on any atom is 0.218 e. The molecule has 3 N–H and O–H groups in total. The summed E-state index contributed by atoms with van der Waals surface area (Å²) in [6, 6.07) is 14.6. The molecule has 0 spiro atoms. The van der Waals surface area contributed by atoms with Crippen molar-refractivity contribution in [2.75, 3.05) is 0 Å². The van der Waals surface area contributed by atoms with Crippen LogP contribution in [0.4, 0.5) is 0 Å². The van der Waals surface area contributed by atoms with E-state index >= 15 is 0 Å². The minimum atomic E-state index is -0.347. The smallest absolute Gasteiger partial charge is 0.218 e. The van der Waals surface area contributed by atoms with Crippen LogP contribution in [0, 0.1) is 24.7 Å². The van der Waals surface area contributed by atoms with Gasteiger partial charge >= 0.3 is 0 Å². The first kappa shape index (κ1) is 30.7. The molecule has 2 atom stereocenters. The Hall–Kier alpha value is -2.05. The second kappa shape index (κ2) is 16.0. The van der Waals surface area contributed by atoms with E-state index in [-0.39, 0.29) is 40.3 Å². The molecule has 0 saturated heterocycles. The number of benzene rings is 2. The molecule has 0 aliphatic heterocycles. The van der Waals surface area contributed by atoms with Gasteiger partial charge in [0.2, 0.25) is 5.91 Å². The van der Waals surface area contributed by atoms with Crippen molar-refractivity contribution in [2.24, 2.45) is 5.73 Å². The van der Waals surface area contributed by atoms with Crippen LogP contribution in [0.1, 0.15) is 52.4 Å². The SMILES string of the molecule is C.C.C.C#CC(N)c1ccc(Br)cc1.C#CC(NC(C)=O)c1ccc(Br)cc1. The fourth-order valence-electron chi connectivity index (χ4n) is 1.85. The fourth-order valence-corrected chi connectivity index (χ4v) is 2.37. The maximum atomic E-state index is 10.8. The predicted molar refractivity (Wildman–Crippen MR) is 130 cm³/mol. The minimum absolute atomic E-state index is 0. The lowest BCUT2D eigenvalue weighted by Crippen LogP contribution is -2.24. The second-order valence-electron chi connectivity index (χ2n) is 5.05. The molecule has 0 fully saturated rings. The molecule has 0 aromatic heterocycles. The second-order valence-corrected chi connectivity index (χ2v) is 6.88. The molecule has 0 bridgehead atoms. The largest absolute Gasteiger partial charge is 0.339 e. The van der Waals surface area contributed by atoms with E-state index in [4.69, 9.17) is 18.6 Å². The molecule has 5 heteroatoms. The summed E-state index contributed by atoms with van der Waals surface area (Å²) in [5.41, 5.74) is 7.47. The first-order chi connectivity index (χ1) is 11.9. The summed E-state index contributed by atoms with van der Waals surface area (Å²) in [4.78, 5) is 10.8. The number of terminal acetylenes is 2. The van der Waals surface area contributed by atoms with E-state index in [1.807, 2.05) is 48.5 Å². The molecule has 1 amide bonds. The van der Waals surface area contributed by atoms with Crippen LogP contribution in [0.3, 0.4) is 0 Å². The Balaban J connectivity index is -0.000000412. The van der Waals surface area contributed by atoms with E-state index in [1.165, 1.54) is 6.92 Å². The summed E-state index contributed by atoms with van der Waals surface area (Å²) in [5.74, 6) is 4.86. The summed E-state index contributed by atoms with van der Waals surface area (Å²) >= 11 is 6.65. The molecule has 0 saturated carbocycles. The van der Waals surface area contributed by atoms with Crippen molar-refractivity contribution < 1.29 is 4.79 Å². The summed E-state index contributed by atoms with van der Waals surface area (Å²) in [6.07, 6.45) is 10.5. The molecule has 3 nitrogen and oxygen atoms in total. The number of hydrogen-bond donors (Lipinski definition) is 2. The van der Waals surface area contributed by atoms with Crippen molar-refractivity contribution in [1.82, 2.24) is 5.32 Å². The number of rotatable bonds is 3. The number of carbonyl (C=O) groups excluding carboxylic acids is 1. The van der Waals surface area contributed by atoms with E-state index in [1.54, 1.807) is 0 Å². The lowest BCUT2D eigenvalue weighted by atomic mass is 10.1. The minimum Gasteiger partial charge on any atom is -0.339 e. The number of nitrogens with one attached hydrogen (secondary N) is 1. The lowest BCUT2D eigenvalue weighted by Gasteiger charge is -2.11. The molecule has 2 unspecified atom stereocenters. The van der Waals surface area contributed by atoms with Crippen molar-refractivity contribution in [3.05, 3.63) is 68.6 Å². The van der Waals surface area contributed by atoms with Gasteiger partial charge in [0.1, 0.15) is 6.04 Å². The van der Waals surface area contributed by atoms with E-state index in [0.717, 1.165) is 20.1 Å². The van der Waals surface area contributed by atoms with Crippen molar-refractivity contribution >= 4 is 37.8 Å². The number of amides is 1. The summed E-state index contributed by atoms with van der Waals surface area (Å²) in [7, 11) is 0. The van der Waals surface area contributed by atoms with Gasteiger partial charge in [-0.15, -0.1) is 12.8 Å². The van der Waals surface area contributed by atoms with Gasteiger partial charge < -0.3 is 11.1 Å². The van der Waals surface area contributed by atoms with Gasteiger partial charge in [-0.3, -0.25) is 4.79 Å². The molecule has 2 rings (SSSR count). The first-order valence-corrected chi connectivity index (χ1v) is 8.91. The third-order valence-corrected chi connectivity index (χ3v) is 4.18. The zero-order valence-electron chi connectivity index (χ0n) is 13.7. The first-order valence-electron chi connectivity index (χ1n) is 7.33. The standard InChI is InChI=1S/C11H10BrNO.C9H8BrN.3CH4/c1-3-11(13-8(2)14)9-4-6-10(12)7-5-9;1-2-9(11)7-3-5-8(10)6-4-7;;;/h1,4-7,11H,2H3,(H,13,14);1,3-6,9H,11H2;3*1H4. The summed E-state index contributed by atoms with van der Waals surface area (Å²) in [5, 5.41) is 2.67. The van der Waals surface area contributed by atoms with Crippen LogP contribution in [-0.2, 0) is 4.79 Å². The number of halogens is 2. The molecule has 0 aliphatic rings. The highest BCUT2D eigenvalue weighted by atomic mass is 79.9. The van der Waals surface area contributed by atoms with Crippen molar-refractivity contribution in [3.8, 4) is 24.7 Å². The van der Waals surface area contributed by atoms with Crippen molar-refractivity contribution in [3.63, 3.8) is 0 Å². The molecular weight excluding hydrogens is 480 g/mol. The maximum absolute atomic E-state index is 10.8. The summed E-state index contributed by atoms with van der Waals surface area (Å²) in [6.45, 7) is 1.45. The summed E-state index contributed by atoms with van der Waals surface area (Å²) < 4.78 is 2.02. The molecule has 0 heterocycles. The Labute approximate surface area is 187 Å². The third-order valence-electron chi connectivity index (χ3n) is 3.13. The van der Waals surface area contributed by atoms with Crippen molar-refractivity contribution in [2.45, 2.75) is 41.3 Å². The fraction of sp³-hybridized carbons (Fsp3) is 0.261. The highest BCUT2D eigenvalue weighted by Crippen LogP contribution is 2.16. The molecular formula is C23H30Br2N2O. The Kier molecular flexibility index (Phi) is 17.5. The number of nitrogens with two attached hydrogens (primary N) is 1. The normalized spacial score (nSPS) is 10.5. The van der Waals surface area contributed by atoms with E-state index in [9.17, 15) is 4.79 Å². The molecule has 2 aromatic carbocycles. The molecule has 0 aliphatic carbocycles. The van der Waals surface area contributed by atoms with Crippen LogP contribution in [0.5, 0.6) is 0 Å². The van der Waals surface area contributed by atoms with E-state index < -0.39 is 0 Å². The van der Waals surface area contributed by atoms with Crippen molar-refractivity contribution in [1.29, 1.82) is 0 Å².